The number of hydrogen-bond donors (Lipinski definition) is 8. The maximum atomic E-state index is 13.6. The summed E-state index contributed by atoms with van der Waals surface area (Å²) < 4.78 is 29.8. The fourth-order valence-corrected chi connectivity index (χ4v) is 7.03. The molecule has 47 heavy (non-hydrogen) atoms. The van der Waals surface area contributed by atoms with Gasteiger partial charge in [0.15, 0.2) is 23.1 Å². The van der Waals surface area contributed by atoms with Gasteiger partial charge in [-0.15, -0.1) is 0 Å². The van der Waals surface area contributed by atoms with Gasteiger partial charge < -0.3 is 36.4 Å². The van der Waals surface area contributed by atoms with Gasteiger partial charge in [-0.1, -0.05) is 18.2 Å². The van der Waals surface area contributed by atoms with Crippen LogP contribution in [0.15, 0.2) is 47.4 Å². The zero-order valence-corrected chi connectivity index (χ0v) is 25.9. The number of ketones is 3. The molecule has 0 heterocycles. The number of nitrogens with zero attached hydrogens (tertiary/aromatic N) is 1. The van der Waals surface area contributed by atoms with Crippen molar-refractivity contribution in [2.45, 2.75) is 22.6 Å². The zero-order chi connectivity index (χ0) is 35.7. The molecule has 0 bridgehead atoms. The minimum atomic E-state index is -4.45. The maximum absolute atomic E-state index is 13.6. The van der Waals surface area contributed by atoms with E-state index in [1.165, 1.54) is 31.1 Å². The summed E-state index contributed by atoms with van der Waals surface area (Å²) in [6, 6.07) is 3.51. The van der Waals surface area contributed by atoms with Crippen LogP contribution in [0.2, 0.25) is 5.02 Å². The van der Waals surface area contributed by atoms with Gasteiger partial charge >= 0.3 is 5.97 Å². The minimum Gasteiger partial charge on any atom is -0.507 e. The highest BCUT2D eigenvalue weighted by molar-refractivity contribution is 7.85. The van der Waals surface area contributed by atoms with E-state index in [1.807, 2.05) is 0 Å². The third-order valence-corrected chi connectivity index (χ3v) is 9.47. The number of nitrogens with two attached hydrogens (primary N) is 1. The molecule has 16 nitrogen and oxygen atoms in total. The number of primary amides is 1. The number of amides is 1. The summed E-state index contributed by atoms with van der Waals surface area (Å²) in [5.41, 5.74) is 0.889. The van der Waals surface area contributed by atoms with Crippen molar-refractivity contribution in [3.05, 3.63) is 64.2 Å². The molecule has 0 saturated heterocycles. The summed E-state index contributed by atoms with van der Waals surface area (Å²) in [6.45, 7) is 3.88. The number of aliphatic hydroxyl groups is 3. The van der Waals surface area contributed by atoms with Gasteiger partial charge in [-0.3, -0.25) is 28.6 Å². The molecule has 6 atom stereocenters. The lowest BCUT2D eigenvalue weighted by Gasteiger charge is -2.53. The average Bonchev–Trinajstić information content (AvgIpc) is 2.95. The van der Waals surface area contributed by atoms with Crippen molar-refractivity contribution in [1.29, 1.82) is 0 Å². The first-order valence-corrected chi connectivity index (χ1v) is 15.1. The lowest BCUT2D eigenvalue weighted by Crippen LogP contribution is -2.75. The molecule has 250 valence electrons. The standard InChI is InChI=1S/C22H21ClN2O8.C7H6O6S/c1-6-9-7(23)4-5-8(26)11(9)16(27)12-10(6)17(28)14-15(25(2)3)18(29)13(21(24)32)20(31)22(14,33)19(12)30;8-6-2-1-4(14(11,12)13)3-5(6)7(9)10/h4-5,10,13-15,17,26-28,33H,1H2,2-3H3,(H2,24,32);1-3,8H,(H,9,10)(H,11,12,13)/t10?,13?,14-,15+,17+,22+;/m1./s1. The van der Waals surface area contributed by atoms with Crippen LogP contribution < -0.4 is 5.73 Å². The number of hydrogen-bond acceptors (Lipinski definition) is 13. The number of phenolic OH excluding ortho intramolecular Hbond substituents is 1. The Morgan fingerprint density at radius 1 is 1.02 bits per heavy atom. The number of fused-ring (bicyclic) bond motifs is 3. The monoisotopic (exact) mass is 694 g/mol. The lowest BCUT2D eigenvalue weighted by molar-refractivity contribution is -0.185. The van der Waals surface area contributed by atoms with Gasteiger partial charge in [-0.2, -0.15) is 8.42 Å². The number of carbonyl (C=O) groups excluding carboxylic acids is 4. The summed E-state index contributed by atoms with van der Waals surface area (Å²) >= 11 is 6.24. The van der Waals surface area contributed by atoms with Gasteiger partial charge in [0.1, 0.15) is 22.8 Å². The van der Waals surface area contributed by atoms with Crippen molar-refractivity contribution < 1.29 is 67.6 Å². The third kappa shape index (κ3) is 5.35. The number of carboxylic acids is 1. The van der Waals surface area contributed by atoms with Crippen molar-refractivity contribution in [3.8, 4) is 11.5 Å². The molecule has 5 rings (SSSR count). The molecule has 0 spiro atoms. The van der Waals surface area contributed by atoms with Crippen molar-refractivity contribution in [2.75, 3.05) is 14.1 Å². The molecule has 2 aromatic rings. The summed E-state index contributed by atoms with van der Waals surface area (Å²) in [5.74, 6) is -13.6. The van der Waals surface area contributed by atoms with Crippen LogP contribution in [0.1, 0.15) is 21.5 Å². The first-order valence-electron chi connectivity index (χ1n) is 13.3. The van der Waals surface area contributed by atoms with Crippen LogP contribution in [0, 0.1) is 17.8 Å². The van der Waals surface area contributed by atoms with E-state index in [0.29, 0.717) is 6.07 Å². The maximum Gasteiger partial charge on any atom is 0.339 e. The number of likely N-dealkylation sites (N-methyl/N-ethyl adjacent to an activating group) is 1. The molecule has 0 radical (unpaired) electrons. The largest absolute Gasteiger partial charge is 0.507 e. The topological polar surface area (TPSA) is 290 Å². The van der Waals surface area contributed by atoms with Crippen LogP contribution in [-0.4, -0.2) is 110 Å². The Morgan fingerprint density at radius 3 is 2.11 bits per heavy atom. The first-order chi connectivity index (χ1) is 21.6. The number of phenols is 2. The Labute approximate surface area is 270 Å². The normalized spacial score (nSPS) is 27.0. The van der Waals surface area contributed by atoms with Crippen LogP contribution in [0.4, 0.5) is 0 Å². The summed E-state index contributed by atoms with van der Waals surface area (Å²) in [4.78, 5) is 62.9. The van der Waals surface area contributed by atoms with E-state index < -0.39 is 108 Å². The molecule has 1 amide bonds. The SMILES string of the molecule is C=C1c2c(Cl)ccc(O)c2C(O)=C2C(=O)[C@]3(O)C(=O)C(C(N)=O)C(=O)[C@@H](N(C)C)[C@@H]3[C@@H](O)C12.O=C(O)c1cc(S(=O)(=O)O)ccc1O. The quantitative estimate of drug-likeness (QED) is 0.151. The predicted octanol–water partition coefficient (Wildman–Crippen LogP) is -0.231. The molecular formula is C29H27ClN2O14S. The van der Waals surface area contributed by atoms with Gasteiger partial charge in [-0.05, 0) is 50.0 Å². The van der Waals surface area contributed by atoms with E-state index in [0.717, 1.165) is 12.1 Å². The number of benzene rings is 2. The molecule has 18 heteroatoms. The van der Waals surface area contributed by atoms with Crippen molar-refractivity contribution in [2.24, 2.45) is 23.5 Å². The second-order valence-electron chi connectivity index (χ2n) is 11.2. The molecule has 0 aliphatic heterocycles. The molecular weight excluding hydrogens is 668 g/mol. The summed E-state index contributed by atoms with van der Waals surface area (Å²) in [6.07, 6.45) is -1.78. The Kier molecular flexibility index (Phi) is 8.88. The second kappa shape index (κ2) is 11.9. The fraction of sp³-hybridized carbons (Fsp3) is 0.276. The second-order valence-corrected chi connectivity index (χ2v) is 13.0. The van der Waals surface area contributed by atoms with E-state index in [-0.39, 0.29) is 21.7 Å². The highest BCUT2D eigenvalue weighted by Gasteiger charge is 2.71. The Bertz CT molecular complexity index is 1940. The van der Waals surface area contributed by atoms with Gasteiger partial charge in [0.25, 0.3) is 10.1 Å². The van der Waals surface area contributed by atoms with E-state index >= 15 is 0 Å². The van der Waals surface area contributed by atoms with Crippen LogP contribution in [0.5, 0.6) is 11.5 Å². The number of carboxylic acid groups (broad SMARTS) is 1. The zero-order valence-electron chi connectivity index (χ0n) is 24.3. The van der Waals surface area contributed by atoms with Crippen LogP contribution in [-0.2, 0) is 29.3 Å². The number of aromatic hydroxyl groups is 2. The van der Waals surface area contributed by atoms with Gasteiger partial charge in [0.05, 0.1) is 34.1 Å². The molecule has 2 aromatic carbocycles. The van der Waals surface area contributed by atoms with E-state index in [2.05, 4.69) is 6.58 Å². The van der Waals surface area contributed by atoms with Gasteiger partial charge in [-0.25, -0.2) is 4.79 Å². The van der Waals surface area contributed by atoms with Crippen LogP contribution in [0.3, 0.4) is 0 Å². The molecule has 3 aliphatic carbocycles. The Hall–Kier alpha value is -4.65. The van der Waals surface area contributed by atoms with E-state index in [4.69, 9.17) is 32.1 Å². The Balaban J connectivity index is 0.000000300. The molecule has 3 aliphatic rings. The molecule has 2 saturated carbocycles. The number of Topliss-reactive ketones (excluding diaryl/α,β-unsaturated/α-hetero) is 3. The predicted molar refractivity (Wildman–Crippen MR) is 160 cm³/mol. The van der Waals surface area contributed by atoms with E-state index in [9.17, 15) is 52.8 Å². The highest BCUT2D eigenvalue weighted by Crippen LogP contribution is 2.55. The molecule has 2 fully saturated rings. The number of halogens is 1. The Morgan fingerprint density at radius 2 is 1.60 bits per heavy atom. The summed E-state index contributed by atoms with van der Waals surface area (Å²) in [5, 5.41) is 61.7. The van der Waals surface area contributed by atoms with E-state index in [1.54, 1.807) is 0 Å². The van der Waals surface area contributed by atoms with Crippen LogP contribution in [0.25, 0.3) is 11.3 Å². The lowest BCUT2D eigenvalue weighted by atomic mass is 9.53. The van der Waals surface area contributed by atoms with Crippen molar-refractivity contribution in [3.63, 3.8) is 0 Å². The number of rotatable bonds is 4. The number of aliphatic hydroxyl groups excluding tert-OH is 2. The molecule has 2 unspecified atom stereocenters. The average molecular weight is 695 g/mol. The summed E-state index contributed by atoms with van der Waals surface area (Å²) in [7, 11) is -1.62. The van der Waals surface area contributed by atoms with Gasteiger partial charge in [0.2, 0.25) is 11.7 Å². The molecule has 9 N–H and O–H groups in total. The van der Waals surface area contributed by atoms with Crippen LogP contribution >= 0.6 is 11.6 Å². The molecule has 0 aromatic heterocycles. The first kappa shape index (κ1) is 35.2. The third-order valence-electron chi connectivity index (χ3n) is 8.31. The van der Waals surface area contributed by atoms with Crippen molar-refractivity contribution >= 4 is 62.3 Å². The number of carbonyl (C=O) groups is 5. The smallest absolute Gasteiger partial charge is 0.339 e. The highest BCUT2D eigenvalue weighted by atomic mass is 35.5. The fourth-order valence-electron chi connectivity index (χ4n) is 6.25. The number of aromatic carboxylic acids is 1. The minimum absolute atomic E-state index is 0.0380. The van der Waals surface area contributed by atoms with Gasteiger partial charge in [0, 0.05) is 16.5 Å². The van der Waals surface area contributed by atoms with Crippen molar-refractivity contribution in [1.82, 2.24) is 4.90 Å².